The van der Waals surface area contributed by atoms with E-state index in [1.807, 2.05) is 18.2 Å². The van der Waals surface area contributed by atoms with Gasteiger partial charge in [0.2, 0.25) is 12.7 Å². The van der Waals surface area contributed by atoms with Gasteiger partial charge in [0.05, 0.1) is 6.42 Å². The molecule has 0 radical (unpaired) electrons. The van der Waals surface area contributed by atoms with Crippen LogP contribution in [0.2, 0.25) is 0 Å². The molecule has 1 aromatic rings. The highest BCUT2D eigenvalue weighted by atomic mass is 16.7. The minimum atomic E-state index is -0.283. The van der Waals surface area contributed by atoms with Crippen molar-refractivity contribution in [2.24, 2.45) is 0 Å². The van der Waals surface area contributed by atoms with Crippen LogP contribution in [0.25, 0.3) is 0 Å². The molecule has 1 aliphatic rings. The summed E-state index contributed by atoms with van der Waals surface area (Å²) in [6, 6.07) is 5.49. The lowest BCUT2D eigenvalue weighted by atomic mass is 10.2. The third-order valence-corrected chi connectivity index (χ3v) is 2.36. The minimum Gasteiger partial charge on any atom is -0.454 e. The van der Waals surface area contributed by atoms with Gasteiger partial charge in [-0.3, -0.25) is 9.59 Å². The highest BCUT2D eigenvalue weighted by Gasteiger charge is 2.17. The summed E-state index contributed by atoms with van der Waals surface area (Å²) in [5.41, 5.74) is 0.844. The smallest absolute Gasteiger partial charge is 0.231 e. The van der Waals surface area contributed by atoms with Gasteiger partial charge in [-0.05, 0) is 13.0 Å². The standard InChI is InChI=1S/C12H13NO4/c1-8(14)5-11(15)13-6-9-3-2-4-10-12(9)17-7-16-10/h2-4H,5-7H2,1H3,(H,13,15). The number of Topliss-reactive ketones (excluding diaryl/α,β-unsaturated/α-hetero) is 1. The molecular formula is C12H13NO4. The number of hydrogen-bond acceptors (Lipinski definition) is 4. The Hall–Kier alpha value is -2.04. The van der Waals surface area contributed by atoms with Crippen molar-refractivity contribution in [3.8, 4) is 11.5 Å². The molecule has 0 saturated heterocycles. The zero-order valence-electron chi connectivity index (χ0n) is 9.49. The van der Waals surface area contributed by atoms with Gasteiger partial charge in [0, 0.05) is 12.1 Å². The van der Waals surface area contributed by atoms with Crippen LogP contribution in [-0.2, 0) is 16.1 Å². The number of ether oxygens (including phenoxy) is 2. The third-order valence-electron chi connectivity index (χ3n) is 2.36. The second-order valence-electron chi connectivity index (χ2n) is 3.81. The first-order valence-electron chi connectivity index (χ1n) is 5.30. The molecule has 90 valence electrons. The molecule has 1 heterocycles. The van der Waals surface area contributed by atoms with Gasteiger partial charge in [0.25, 0.3) is 0 Å². The summed E-state index contributed by atoms with van der Waals surface area (Å²) in [7, 11) is 0. The molecule has 1 aliphatic heterocycles. The van der Waals surface area contributed by atoms with Gasteiger partial charge in [-0.2, -0.15) is 0 Å². The van der Waals surface area contributed by atoms with Gasteiger partial charge >= 0.3 is 0 Å². The second-order valence-corrected chi connectivity index (χ2v) is 3.81. The fourth-order valence-corrected chi connectivity index (χ4v) is 1.61. The number of carbonyl (C=O) groups is 2. The summed E-state index contributed by atoms with van der Waals surface area (Å²) < 4.78 is 10.5. The van der Waals surface area contributed by atoms with Gasteiger partial charge in [-0.1, -0.05) is 12.1 Å². The van der Waals surface area contributed by atoms with E-state index in [4.69, 9.17) is 9.47 Å². The van der Waals surface area contributed by atoms with Crippen LogP contribution in [-0.4, -0.2) is 18.5 Å². The molecule has 5 nitrogen and oxygen atoms in total. The Morgan fingerprint density at radius 1 is 1.35 bits per heavy atom. The minimum absolute atomic E-state index is 0.0909. The van der Waals surface area contributed by atoms with E-state index in [9.17, 15) is 9.59 Å². The van der Waals surface area contributed by atoms with Crippen LogP contribution in [0.5, 0.6) is 11.5 Å². The Labute approximate surface area is 98.7 Å². The van der Waals surface area contributed by atoms with E-state index in [0.717, 1.165) is 5.56 Å². The molecule has 0 unspecified atom stereocenters. The van der Waals surface area contributed by atoms with E-state index >= 15 is 0 Å². The molecule has 0 aliphatic carbocycles. The Balaban J connectivity index is 1.98. The van der Waals surface area contributed by atoms with E-state index in [1.165, 1.54) is 6.92 Å². The quantitative estimate of drug-likeness (QED) is 0.791. The number of rotatable bonds is 4. The zero-order chi connectivity index (χ0) is 12.3. The molecule has 0 aromatic heterocycles. The van der Waals surface area contributed by atoms with E-state index < -0.39 is 0 Å². The van der Waals surface area contributed by atoms with Crippen molar-refractivity contribution >= 4 is 11.7 Å². The van der Waals surface area contributed by atoms with Crippen LogP contribution in [0.3, 0.4) is 0 Å². The third kappa shape index (κ3) is 2.75. The summed E-state index contributed by atoms with van der Waals surface area (Å²) in [4.78, 5) is 22.1. The summed E-state index contributed by atoms with van der Waals surface area (Å²) in [6.07, 6.45) is -0.0909. The Kier molecular flexibility index (Phi) is 3.27. The first-order chi connectivity index (χ1) is 8.16. The van der Waals surface area contributed by atoms with E-state index in [0.29, 0.717) is 18.0 Å². The summed E-state index contributed by atoms with van der Waals surface area (Å²) in [6.45, 7) is 1.92. The number of nitrogens with one attached hydrogen (secondary N) is 1. The number of para-hydroxylation sites is 1. The van der Waals surface area contributed by atoms with Crippen LogP contribution in [0.4, 0.5) is 0 Å². The molecule has 17 heavy (non-hydrogen) atoms. The lowest BCUT2D eigenvalue weighted by Gasteiger charge is -2.06. The zero-order valence-corrected chi connectivity index (χ0v) is 9.49. The van der Waals surface area contributed by atoms with Gasteiger partial charge < -0.3 is 14.8 Å². The van der Waals surface area contributed by atoms with Crippen LogP contribution in [0.15, 0.2) is 18.2 Å². The average molecular weight is 235 g/mol. The number of fused-ring (bicyclic) bond motifs is 1. The van der Waals surface area contributed by atoms with Crippen molar-refractivity contribution in [1.29, 1.82) is 0 Å². The fraction of sp³-hybridized carbons (Fsp3) is 0.333. The topological polar surface area (TPSA) is 64.6 Å². The predicted molar refractivity (Wildman–Crippen MR) is 59.7 cm³/mol. The van der Waals surface area contributed by atoms with Crippen molar-refractivity contribution in [1.82, 2.24) is 5.32 Å². The highest BCUT2D eigenvalue weighted by molar-refractivity contribution is 5.96. The maximum absolute atomic E-state index is 11.3. The Morgan fingerprint density at radius 2 is 2.18 bits per heavy atom. The van der Waals surface area contributed by atoms with E-state index in [-0.39, 0.29) is 24.9 Å². The van der Waals surface area contributed by atoms with Crippen molar-refractivity contribution in [3.05, 3.63) is 23.8 Å². The molecule has 0 spiro atoms. The maximum Gasteiger partial charge on any atom is 0.231 e. The van der Waals surface area contributed by atoms with Crippen molar-refractivity contribution in [2.45, 2.75) is 19.9 Å². The van der Waals surface area contributed by atoms with Crippen molar-refractivity contribution < 1.29 is 19.1 Å². The molecule has 1 amide bonds. The van der Waals surface area contributed by atoms with Crippen LogP contribution >= 0.6 is 0 Å². The molecule has 0 atom stereocenters. The molecule has 0 bridgehead atoms. The lowest BCUT2D eigenvalue weighted by Crippen LogP contribution is -2.24. The van der Waals surface area contributed by atoms with Gasteiger partial charge in [0.15, 0.2) is 11.5 Å². The van der Waals surface area contributed by atoms with E-state index in [1.54, 1.807) is 0 Å². The van der Waals surface area contributed by atoms with Crippen LogP contribution < -0.4 is 14.8 Å². The monoisotopic (exact) mass is 235 g/mol. The summed E-state index contributed by atoms with van der Waals surface area (Å²) in [5, 5.41) is 2.66. The average Bonchev–Trinajstić information content (AvgIpc) is 2.73. The predicted octanol–water partition coefficient (Wildman–Crippen LogP) is 1.01. The lowest BCUT2D eigenvalue weighted by molar-refractivity contribution is -0.127. The number of amides is 1. The first kappa shape index (κ1) is 11.4. The number of benzene rings is 1. The molecule has 1 N–H and O–H groups in total. The normalized spacial score (nSPS) is 12.3. The van der Waals surface area contributed by atoms with E-state index in [2.05, 4.69) is 5.32 Å². The van der Waals surface area contributed by atoms with Crippen molar-refractivity contribution in [2.75, 3.05) is 6.79 Å². The highest BCUT2D eigenvalue weighted by Crippen LogP contribution is 2.35. The van der Waals surface area contributed by atoms with Gasteiger partial charge in [0.1, 0.15) is 5.78 Å². The fourth-order valence-electron chi connectivity index (χ4n) is 1.61. The van der Waals surface area contributed by atoms with Crippen molar-refractivity contribution in [3.63, 3.8) is 0 Å². The molecule has 0 fully saturated rings. The largest absolute Gasteiger partial charge is 0.454 e. The number of carbonyl (C=O) groups excluding carboxylic acids is 2. The first-order valence-corrected chi connectivity index (χ1v) is 5.30. The Bertz CT molecular complexity index is 456. The molecule has 1 aromatic carbocycles. The summed E-state index contributed by atoms with van der Waals surface area (Å²) in [5.74, 6) is 0.910. The number of ketones is 1. The Morgan fingerprint density at radius 3 is 2.94 bits per heavy atom. The molecule has 0 saturated carbocycles. The maximum atomic E-state index is 11.3. The number of hydrogen-bond donors (Lipinski definition) is 1. The van der Waals surface area contributed by atoms with Crippen LogP contribution in [0, 0.1) is 0 Å². The molecule has 5 heteroatoms. The van der Waals surface area contributed by atoms with Gasteiger partial charge in [-0.25, -0.2) is 0 Å². The second kappa shape index (κ2) is 4.86. The van der Waals surface area contributed by atoms with Gasteiger partial charge in [-0.15, -0.1) is 0 Å². The molecular weight excluding hydrogens is 222 g/mol. The summed E-state index contributed by atoms with van der Waals surface area (Å²) >= 11 is 0. The molecule has 2 rings (SSSR count). The van der Waals surface area contributed by atoms with Crippen LogP contribution in [0.1, 0.15) is 18.9 Å². The SMILES string of the molecule is CC(=O)CC(=O)NCc1cccc2c1OCO2.